The molecule has 14 N–H and O–H groups in total. The van der Waals surface area contributed by atoms with Gasteiger partial charge in [-0.3, -0.25) is 38.5 Å². The number of likely N-dealkylation sites (tertiary alicyclic amines) is 1. The zero-order chi connectivity index (χ0) is 37.3. The predicted molar refractivity (Wildman–Crippen MR) is 181 cm³/mol. The lowest BCUT2D eigenvalue weighted by Crippen LogP contribution is -2.77. The Kier molecular flexibility index (Phi) is 14.5. The lowest BCUT2D eigenvalue weighted by molar-refractivity contribution is -0.158. The third-order valence-electron chi connectivity index (χ3n) is 9.13. The number of nitrogens with zero attached hydrogens (tertiary/aromatic N) is 1. The molecule has 1 unspecified atom stereocenters. The number of benzene rings is 1. The molecule has 0 spiro atoms. The van der Waals surface area contributed by atoms with Crippen LogP contribution in [0.5, 0.6) is 0 Å². The number of nitrogens with one attached hydrogen (secondary N) is 2. The maximum atomic E-state index is 14.6. The number of rotatable bonds is 20. The number of carbonyl (C=O) groups is 7. The molecule has 1 saturated heterocycles. The van der Waals surface area contributed by atoms with Gasteiger partial charge in [0, 0.05) is 25.9 Å². The Morgan fingerprint density at radius 3 is 1.90 bits per heavy atom. The molecule has 0 aromatic heterocycles. The van der Waals surface area contributed by atoms with Crippen molar-refractivity contribution in [1.29, 1.82) is 0 Å². The normalized spacial score (nSPS) is 21.8. The monoisotopic (exact) mass is 687 g/mol. The van der Waals surface area contributed by atoms with Crippen molar-refractivity contribution >= 4 is 41.1 Å². The number of ketones is 2. The van der Waals surface area contributed by atoms with Crippen molar-refractivity contribution in [3.8, 4) is 0 Å². The molecule has 6 atom stereocenters. The van der Waals surface area contributed by atoms with Crippen molar-refractivity contribution in [2.24, 2.45) is 51.7 Å². The number of carbonyl (C=O) groups excluding carboxylic acids is 7. The van der Waals surface area contributed by atoms with E-state index < -0.39 is 88.7 Å². The first-order valence-electron chi connectivity index (χ1n) is 16.5. The number of hydrogen-bond acceptors (Lipinski definition) is 11. The van der Waals surface area contributed by atoms with Gasteiger partial charge < -0.3 is 45.0 Å². The molecule has 1 aliphatic rings. The zero-order valence-corrected chi connectivity index (χ0v) is 28.8. The van der Waals surface area contributed by atoms with Crippen molar-refractivity contribution in [2.75, 3.05) is 13.1 Å². The smallest absolute Gasteiger partial charge is 0.257 e. The van der Waals surface area contributed by atoms with Crippen LogP contribution in [0, 0.1) is 17.3 Å². The molecule has 1 aromatic rings. The van der Waals surface area contributed by atoms with E-state index in [0.29, 0.717) is 12.8 Å². The van der Waals surface area contributed by atoms with E-state index in [2.05, 4.69) is 10.6 Å². The Labute approximate surface area is 286 Å². The Bertz CT molecular complexity index is 1390. The van der Waals surface area contributed by atoms with Crippen LogP contribution >= 0.6 is 0 Å². The summed E-state index contributed by atoms with van der Waals surface area (Å²) in [5, 5.41) is 5.20. The highest BCUT2D eigenvalue weighted by Crippen LogP contribution is 2.46. The second-order valence-electron chi connectivity index (χ2n) is 13.4. The molecule has 0 bridgehead atoms. The van der Waals surface area contributed by atoms with Crippen molar-refractivity contribution in [1.82, 2.24) is 15.5 Å². The van der Waals surface area contributed by atoms with Gasteiger partial charge in [0.05, 0.1) is 12.1 Å². The summed E-state index contributed by atoms with van der Waals surface area (Å²) in [5.41, 5.74) is 31.7. The minimum Gasteiger partial charge on any atom is -0.370 e. The fraction of sp³-hybridized carbons (Fsp3) is 0.606. The van der Waals surface area contributed by atoms with Gasteiger partial charge in [-0.2, -0.15) is 0 Å². The van der Waals surface area contributed by atoms with Gasteiger partial charge in [0.1, 0.15) is 17.5 Å². The average Bonchev–Trinajstić information content (AvgIpc) is 3.33. The van der Waals surface area contributed by atoms with Crippen LogP contribution in [0.4, 0.5) is 0 Å². The molecule has 5 amide bonds. The molecule has 16 nitrogen and oxygen atoms in total. The molecule has 1 fully saturated rings. The van der Waals surface area contributed by atoms with E-state index >= 15 is 0 Å². The molecule has 49 heavy (non-hydrogen) atoms. The largest absolute Gasteiger partial charge is 0.370 e. The molecular formula is C33H53N9O7. The number of amides is 5. The third-order valence-corrected chi connectivity index (χ3v) is 9.13. The van der Waals surface area contributed by atoms with Gasteiger partial charge >= 0.3 is 0 Å². The van der Waals surface area contributed by atoms with Crippen LogP contribution in [-0.2, 0) is 40.0 Å². The molecule has 0 saturated carbocycles. The fourth-order valence-electron chi connectivity index (χ4n) is 6.39. The molecule has 0 aliphatic carbocycles. The Morgan fingerprint density at radius 2 is 1.39 bits per heavy atom. The maximum absolute atomic E-state index is 14.6. The summed E-state index contributed by atoms with van der Waals surface area (Å²) in [7, 11) is 0. The summed E-state index contributed by atoms with van der Waals surface area (Å²) >= 11 is 0. The van der Waals surface area contributed by atoms with Crippen LogP contribution in [0.2, 0.25) is 0 Å². The first-order chi connectivity index (χ1) is 22.8. The van der Waals surface area contributed by atoms with E-state index in [4.69, 9.17) is 34.4 Å². The van der Waals surface area contributed by atoms with E-state index in [-0.39, 0.29) is 38.3 Å². The summed E-state index contributed by atoms with van der Waals surface area (Å²) in [6, 6.07) is 3.98. The van der Waals surface area contributed by atoms with Gasteiger partial charge in [-0.25, -0.2) is 0 Å². The van der Waals surface area contributed by atoms with Crippen LogP contribution in [0.1, 0.15) is 65.4 Å². The van der Waals surface area contributed by atoms with Crippen molar-refractivity contribution < 1.29 is 33.6 Å². The van der Waals surface area contributed by atoms with E-state index in [0.717, 1.165) is 5.56 Å². The van der Waals surface area contributed by atoms with Gasteiger partial charge in [0.2, 0.25) is 23.6 Å². The Morgan fingerprint density at radius 1 is 0.816 bits per heavy atom. The molecule has 1 heterocycles. The second kappa shape index (κ2) is 17.4. The molecule has 16 heteroatoms. The summed E-state index contributed by atoms with van der Waals surface area (Å²) in [4.78, 5) is 94.0. The van der Waals surface area contributed by atoms with Crippen LogP contribution in [0.25, 0.3) is 0 Å². The summed E-state index contributed by atoms with van der Waals surface area (Å²) in [5.74, 6) is -7.23. The second-order valence-corrected chi connectivity index (χ2v) is 13.4. The van der Waals surface area contributed by atoms with Gasteiger partial charge in [-0.05, 0) is 43.1 Å². The number of primary amides is 3. The number of hydrogen-bond donors (Lipinski definition) is 8. The lowest BCUT2D eigenvalue weighted by Gasteiger charge is -2.46. The highest BCUT2D eigenvalue weighted by Gasteiger charge is 2.70. The minimum atomic E-state index is -2.48. The summed E-state index contributed by atoms with van der Waals surface area (Å²) < 4.78 is 0. The average molecular weight is 688 g/mol. The molecule has 2 rings (SSSR count). The lowest BCUT2D eigenvalue weighted by atomic mass is 9.64. The minimum absolute atomic E-state index is 0.0440. The van der Waals surface area contributed by atoms with Crippen LogP contribution in [0.15, 0.2) is 30.3 Å². The number of aryl methyl sites for hydroxylation is 1. The standard InChI is InChI=1S/C33H53N9O7/c1-18(2)25(29(38)47)40-30(48)26(19(3)4)41-31(49)33(39)32(28(46)22(35)17-24(37)44,27(45)21(34)12-13-23(36)43)14-16-42(33)15-8-11-20-9-6-5-7-10-20/h5-7,9-10,18-19,21-22,25-26H,8,11-17,34-35,39H2,1-4H3,(H2,36,43)(H2,37,44)(H2,38,47)(H,40,48)(H,41,49)/t21-,22-,25-,26-,32?,33+/m0/s1. The maximum Gasteiger partial charge on any atom is 0.257 e. The van der Waals surface area contributed by atoms with E-state index in [9.17, 15) is 33.6 Å². The van der Waals surface area contributed by atoms with E-state index in [1.807, 2.05) is 30.3 Å². The van der Waals surface area contributed by atoms with Crippen molar-refractivity contribution in [3.05, 3.63) is 35.9 Å². The molecule has 1 aliphatic heterocycles. The van der Waals surface area contributed by atoms with Gasteiger partial charge in [0.25, 0.3) is 5.91 Å². The zero-order valence-electron chi connectivity index (χ0n) is 28.8. The van der Waals surface area contributed by atoms with Gasteiger partial charge in [0.15, 0.2) is 17.2 Å². The predicted octanol–water partition coefficient (Wildman–Crippen LogP) is -2.33. The summed E-state index contributed by atoms with van der Waals surface area (Å²) in [6.07, 6.45) is -0.534. The SMILES string of the molecule is CC(C)[C@H](NC(=O)[C@@H](NC(=O)[C@@]1(N)N(CCCc2ccccc2)CCC1(C(=O)[C@@H](N)CCC(N)=O)C(=O)[C@@H](N)CC(N)=O)C(C)C)C(N)=O. The third kappa shape index (κ3) is 9.47. The highest BCUT2D eigenvalue weighted by molar-refractivity contribution is 6.17. The molecular weight excluding hydrogens is 634 g/mol. The van der Waals surface area contributed by atoms with E-state index in [1.165, 1.54) is 4.90 Å². The number of nitrogens with two attached hydrogens (primary N) is 6. The van der Waals surface area contributed by atoms with Crippen molar-refractivity contribution in [2.45, 2.75) is 96.1 Å². The molecule has 1 aromatic carbocycles. The first-order valence-corrected chi connectivity index (χ1v) is 16.5. The summed E-state index contributed by atoms with van der Waals surface area (Å²) in [6.45, 7) is 6.72. The molecule has 272 valence electrons. The Hall–Kier alpha value is -4.25. The number of Topliss-reactive ketones (excluding diaryl/α,β-unsaturated/α-hetero) is 2. The highest BCUT2D eigenvalue weighted by atomic mass is 16.2. The van der Waals surface area contributed by atoms with Crippen LogP contribution in [0.3, 0.4) is 0 Å². The topological polar surface area (TPSA) is 303 Å². The van der Waals surface area contributed by atoms with Gasteiger partial charge in [-0.15, -0.1) is 0 Å². The Balaban J connectivity index is 2.70. The van der Waals surface area contributed by atoms with Crippen molar-refractivity contribution in [3.63, 3.8) is 0 Å². The molecule has 0 radical (unpaired) electrons. The van der Waals surface area contributed by atoms with Crippen LogP contribution in [-0.4, -0.2) is 88.9 Å². The van der Waals surface area contributed by atoms with E-state index in [1.54, 1.807) is 27.7 Å². The van der Waals surface area contributed by atoms with Gasteiger partial charge in [-0.1, -0.05) is 58.0 Å². The first kappa shape index (κ1) is 40.9. The quantitative estimate of drug-likeness (QED) is 0.0672. The van der Waals surface area contributed by atoms with Crippen LogP contribution < -0.4 is 45.0 Å². The fourth-order valence-corrected chi connectivity index (χ4v) is 6.39.